The number of rotatable bonds is 4. The molecule has 3 N–H and O–H groups in total. The van der Waals surface area contributed by atoms with Gasteiger partial charge in [-0.3, -0.25) is 0 Å². The monoisotopic (exact) mass is 413 g/mol. The second-order valence-corrected chi connectivity index (χ2v) is 8.41. The summed E-state index contributed by atoms with van der Waals surface area (Å²) in [5.41, 5.74) is 7.37. The molecule has 4 aromatic rings. The lowest BCUT2D eigenvalue weighted by atomic mass is 10.1. The summed E-state index contributed by atoms with van der Waals surface area (Å²) >= 11 is 6.02. The van der Waals surface area contributed by atoms with Gasteiger partial charge in [0.1, 0.15) is 0 Å². The molecule has 7 nitrogen and oxygen atoms in total. The number of hydrogen-bond donors (Lipinski definition) is 2. The van der Waals surface area contributed by atoms with E-state index < -0.39 is 10.0 Å². The van der Waals surface area contributed by atoms with Gasteiger partial charge in [0, 0.05) is 10.7 Å². The number of benzene rings is 3. The molecule has 0 aliphatic carbocycles. The molecule has 0 saturated carbocycles. The van der Waals surface area contributed by atoms with Gasteiger partial charge in [-0.25, -0.2) is 0 Å². The summed E-state index contributed by atoms with van der Waals surface area (Å²) in [5, 5.41) is 9.34. The molecule has 0 unspecified atom stereocenters. The molecular formula is C19H16ClN5O2S. The summed E-state index contributed by atoms with van der Waals surface area (Å²) < 4.78 is 26.7. The molecule has 0 aliphatic rings. The second-order valence-electron chi connectivity index (χ2n) is 6.24. The highest BCUT2D eigenvalue weighted by atomic mass is 35.5. The predicted molar refractivity (Wildman–Crippen MR) is 110 cm³/mol. The third-order valence-electron chi connectivity index (χ3n) is 4.26. The number of nitrogens with two attached hydrogens (primary N) is 1. The maximum absolute atomic E-state index is 13.0. The summed E-state index contributed by atoms with van der Waals surface area (Å²) in [4.78, 5) is 4.10. The van der Waals surface area contributed by atoms with Crippen molar-refractivity contribution in [3.05, 3.63) is 71.2 Å². The second kappa shape index (κ2) is 6.81. The van der Waals surface area contributed by atoms with Crippen LogP contribution in [0.15, 0.2) is 65.6 Å². The number of halogens is 1. The van der Waals surface area contributed by atoms with E-state index in [4.69, 9.17) is 17.3 Å². The fourth-order valence-electron chi connectivity index (χ4n) is 2.82. The largest absolute Gasteiger partial charge is 0.367 e. The molecule has 0 atom stereocenters. The molecule has 0 bridgehead atoms. The maximum atomic E-state index is 13.0. The van der Waals surface area contributed by atoms with E-state index in [0.29, 0.717) is 10.7 Å². The van der Waals surface area contributed by atoms with Crippen LogP contribution in [0.1, 0.15) is 5.56 Å². The number of fused-ring (bicyclic) bond motifs is 1. The SMILES string of the molecule is Cc1cc(Nc2nc(N)n(S(=O)(=O)c3ccc4ccccc4c3)n2)ccc1Cl. The minimum atomic E-state index is -3.99. The van der Waals surface area contributed by atoms with Gasteiger partial charge in [-0.05, 0) is 53.6 Å². The lowest BCUT2D eigenvalue weighted by Gasteiger charge is -2.06. The molecule has 0 fully saturated rings. The molecule has 9 heteroatoms. The quantitative estimate of drug-likeness (QED) is 0.525. The number of aromatic nitrogens is 3. The summed E-state index contributed by atoms with van der Waals surface area (Å²) in [6.07, 6.45) is 0. The standard InChI is InChI=1S/C19H16ClN5O2S/c1-12-10-15(7-9-17(12)20)22-19-23-18(21)25(24-19)28(26,27)16-8-6-13-4-2-3-5-14(13)11-16/h2-11H,1H3,(H3,21,22,23,24). The van der Waals surface area contributed by atoms with Crippen molar-refractivity contribution >= 4 is 50.0 Å². The Morgan fingerprint density at radius 2 is 1.79 bits per heavy atom. The topological polar surface area (TPSA) is 103 Å². The highest BCUT2D eigenvalue weighted by molar-refractivity contribution is 7.90. The Morgan fingerprint density at radius 1 is 1.04 bits per heavy atom. The van der Waals surface area contributed by atoms with E-state index in [9.17, 15) is 8.42 Å². The minimum Gasteiger partial charge on any atom is -0.367 e. The molecule has 4 rings (SSSR count). The molecule has 142 valence electrons. The van der Waals surface area contributed by atoms with Crippen LogP contribution in [0.4, 0.5) is 17.6 Å². The number of nitrogens with zero attached hydrogens (tertiary/aromatic N) is 3. The van der Waals surface area contributed by atoms with Crippen LogP contribution < -0.4 is 11.1 Å². The van der Waals surface area contributed by atoms with Gasteiger partial charge in [-0.1, -0.05) is 41.9 Å². The average molecular weight is 414 g/mol. The zero-order valence-electron chi connectivity index (χ0n) is 14.8. The fourth-order valence-corrected chi connectivity index (χ4v) is 4.13. The molecule has 0 aliphatic heterocycles. The molecule has 0 amide bonds. The third-order valence-corrected chi connectivity index (χ3v) is 6.26. The summed E-state index contributed by atoms with van der Waals surface area (Å²) in [6, 6.07) is 17.6. The third kappa shape index (κ3) is 3.28. The Morgan fingerprint density at radius 3 is 2.54 bits per heavy atom. The lowest BCUT2D eigenvalue weighted by molar-refractivity contribution is 0.581. The zero-order chi connectivity index (χ0) is 19.9. The summed E-state index contributed by atoms with van der Waals surface area (Å²) in [5.74, 6) is -0.162. The van der Waals surface area contributed by atoms with Crippen molar-refractivity contribution in [1.29, 1.82) is 0 Å². The van der Waals surface area contributed by atoms with Crippen LogP contribution in [0.2, 0.25) is 5.02 Å². The van der Waals surface area contributed by atoms with Gasteiger partial charge in [-0.15, -0.1) is 9.19 Å². The van der Waals surface area contributed by atoms with Crippen LogP contribution >= 0.6 is 11.6 Å². The van der Waals surface area contributed by atoms with E-state index in [-0.39, 0.29) is 16.8 Å². The van der Waals surface area contributed by atoms with Crippen LogP contribution in [0, 0.1) is 6.92 Å². The summed E-state index contributed by atoms with van der Waals surface area (Å²) in [6.45, 7) is 1.86. The Kier molecular flexibility index (Phi) is 4.44. The average Bonchev–Trinajstić information content (AvgIpc) is 3.05. The van der Waals surface area contributed by atoms with E-state index in [1.807, 2.05) is 31.2 Å². The van der Waals surface area contributed by atoms with E-state index in [0.717, 1.165) is 20.4 Å². The summed E-state index contributed by atoms with van der Waals surface area (Å²) in [7, 11) is -3.99. The molecule has 0 spiro atoms. The molecule has 1 aromatic heterocycles. The first-order valence-corrected chi connectivity index (χ1v) is 10.2. The first-order valence-electron chi connectivity index (χ1n) is 8.35. The van der Waals surface area contributed by atoms with Crippen LogP contribution in [0.3, 0.4) is 0 Å². The van der Waals surface area contributed by atoms with Gasteiger partial charge >= 0.3 is 0 Å². The van der Waals surface area contributed by atoms with E-state index in [1.165, 1.54) is 6.07 Å². The van der Waals surface area contributed by atoms with Crippen molar-refractivity contribution in [2.24, 2.45) is 0 Å². The maximum Gasteiger partial charge on any atom is 0.286 e. The Labute approximate surface area is 166 Å². The number of aryl methyl sites for hydroxylation is 1. The van der Waals surface area contributed by atoms with Crippen molar-refractivity contribution in [2.45, 2.75) is 11.8 Å². The first kappa shape index (κ1) is 18.3. The van der Waals surface area contributed by atoms with Crippen LogP contribution in [0.25, 0.3) is 10.8 Å². The van der Waals surface area contributed by atoms with Crippen molar-refractivity contribution in [2.75, 3.05) is 11.1 Å². The normalized spacial score (nSPS) is 11.6. The number of hydrogen-bond acceptors (Lipinski definition) is 6. The van der Waals surface area contributed by atoms with Crippen molar-refractivity contribution in [3.63, 3.8) is 0 Å². The van der Waals surface area contributed by atoms with Crippen molar-refractivity contribution in [1.82, 2.24) is 14.2 Å². The highest BCUT2D eigenvalue weighted by Gasteiger charge is 2.23. The van der Waals surface area contributed by atoms with E-state index in [1.54, 1.807) is 30.3 Å². The van der Waals surface area contributed by atoms with E-state index in [2.05, 4.69) is 15.4 Å². The molecule has 3 aromatic carbocycles. The minimum absolute atomic E-state index is 0.0728. The Bertz CT molecular complexity index is 1300. The molecule has 0 saturated heterocycles. The smallest absolute Gasteiger partial charge is 0.286 e. The van der Waals surface area contributed by atoms with Crippen LogP contribution in [-0.2, 0) is 10.0 Å². The van der Waals surface area contributed by atoms with Crippen molar-refractivity contribution < 1.29 is 8.42 Å². The van der Waals surface area contributed by atoms with Crippen molar-refractivity contribution in [3.8, 4) is 0 Å². The van der Waals surface area contributed by atoms with Gasteiger partial charge in [0.05, 0.1) is 4.90 Å². The molecule has 28 heavy (non-hydrogen) atoms. The molecule has 1 heterocycles. The van der Waals surface area contributed by atoms with Gasteiger partial charge < -0.3 is 11.1 Å². The van der Waals surface area contributed by atoms with Gasteiger partial charge in [0.15, 0.2) is 0 Å². The molecule has 0 radical (unpaired) electrons. The number of nitrogen functional groups attached to an aromatic ring is 1. The number of anilines is 3. The fraction of sp³-hybridized carbons (Fsp3) is 0.0526. The zero-order valence-corrected chi connectivity index (χ0v) is 16.4. The van der Waals surface area contributed by atoms with Crippen LogP contribution in [0.5, 0.6) is 0 Å². The lowest BCUT2D eigenvalue weighted by Crippen LogP contribution is -2.17. The van der Waals surface area contributed by atoms with Gasteiger partial charge in [-0.2, -0.15) is 13.4 Å². The number of nitrogens with one attached hydrogen (secondary N) is 1. The first-order chi connectivity index (χ1) is 13.3. The Balaban J connectivity index is 1.70. The van der Waals surface area contributed by atoms with Gasteiger partial charge in [0.25, 0.3) is 10.0 Å². The van der Waals surface area contributed by atoms with Crippen LogP contribution in [-0.4, -0.2) is 22.6 Å². The highest BCUT2D eigenvalue weighted by Crippen LogP contribution is 2.24. The van der Waals surface area contributed by atoms with Gasteiger partial charge in [0.2, 0.25) is 11.9 Å². The Hall–Kier alpha value is -3.10. The molecular weight excluding hydrogens is 398 g/mol. The predicted octanol–water partition coefficient (Wildman–Crippen LogP) is 3.96. The van der Waals surface area contributed by atoms with E-state index >= 15 is 0 Å².